The van der Waals surface area contributed by atoms with Crippen molar-refractivity contribution in [3.05, 3.63) is 23.8 Å². The fourth-order valence-electron chi connectivity index (χ4n) is 2.12. The lowest BCUT2D eigenvalue weighted by Gasteiger charge is -2.25. The molecule has 0 amide bonds. The lowest BCUT2D eigenvalue weighted by molar-refractivity contribution is 0.0471. The van der Waals surface area contributed by atoms with E-state index >= 15 is 0 Å². The third-order valence-electron chi connectivity index (χ3n) is 3.00. The smallest absolute Gasteiger partial charge is 0.161 e. The van der Waals surface area contributed by atoms with Crippen LogP contribution in [0.5, 0.6) is 11.5 Å². The zero-order chi connectivity index (χ0) is 13.0. The Labute approximate surface area is 107 Å². The topological polar surface area (TPSA) is 65.7 Å². The molecule has 0 radical (unpaired) electrons. The lowest BCUT2D eigenvalue weighted by atomic mass is 10.0. The predicted octanol–water partition coefficient (Wildman–Crippen LogP) is 1.39. The first-order chi connectivity index (χ1) is 8.76. The minimum Gasteiger partial charge on any atom is -0.486 e. The maximum Gasteiger partial charge on any atom is 0.161 e. The Bertz CT molecular complexity index is 398. The van der Waals surface area contributed by atoms with E-state index in [-0.39, 0.29) is 12.1 Å². The summed E-state index contributed by atoms with van der Waals surface area (Å²) in [5, 5.41) is 0. The highest BCUT2D eigenvalue weighted by atomic mass is 16.6. The Morgan fingerprint density at radius 1 is 1.33 bits per heavy atom. The molecule has 5 nitrogen and oxygen atoms in total. The molecular formula is C13H20N2O3. The monoisotopic (exact) mass is 252 g/mol. The van der Waals surface area contributed by atoms with Gasteiger partial charge in [-0.3, -0.25) is 11.3 Å². The van der Waals surface area contributed by atoms with E-state index in [4.69, 9.17) is 20.1 Å². The Kier molecular flexibility index (Phi) is 4.41. The van der Waals surface area contributed by atoms with Crippen LogP contribution in [-0.4, -0.2) is 25.9 Å². The molecular weight excluding hydrogens is 232 g/mol. The largest absolute Gasteiger partial charge is 0.486 e. The highest BCUT2D eigenvalue weighted by molar-refractivity contribution is 5.44. The summed E-state index contributed by atoms with van der Waals surface area (Å²) < 4.78 is 16.6. The second-order valence-electron chi connectivity index (χ2n) is 4.21. The highest BCUT2D eigenvalue weighted by Crippen LogP contribution is 2.33. The van der Waals surface area contributed by atoms with Gasteiger partial charge in [-0.1, -0.05) is 6.07 Å². The quantitative estimate of drug-likeness (QED) is 0.612. The molecule has 0 aromatic heterocycles. The van der Waals surface area contributed by atoms with Crippen molar-refractivity contribution in [1.82, 2.24) is 5.43 Å². The molecule has 0 saturated carbocycles. The molecule has 0 bridgehead atoms. The lowest BCUT2D eigenvalue weighted by Crippen LogP contribution is -2.36. The number of hydrazine groups is 1. The number of nitrogens with two attached hydrogens (primary N) is 1. The van der Waals surface area contributed by atoms with Gasteiger partial charge in [0.2, 0.25) is 0 Å². The van der Waals surface area contributed by atoms with Crippen LogP contribution in [-0.2, 0) is 4.74 Å². The number of hydrogen-bond acceptors (Lipinski definition) is 5. The molecule has 1 aliphatic heterocycles. The Hall–Kier alpha value is -1.30. The SMILES string of the molecule is CCOC(C)C(NN)c1ccc2c(c1)OCCO2. The van der Waals surface area contributed by atoms with Crippen LogP contribution < -0.4 is 20.7 Å². The zero-order valence-corrected chi connectivity index (χ0v) is 10.8. The van der Waals surface area contributed by atoms with Crippen LogP contribution in [0.3, 0.4) is 0 Å². The standard InChI is InChI=1S/C13H20N2O3/c1-3-16-9(2)13(15-14)10-4-5-11-12(8-10)18-7-6-17-11/h4-5,8-9,13,15H,3,6-7,14H2,1-2H3. The van der Waals surface area contributed by atoms with E-state index in [1.165, 1.54) is 0 Å². The minimum absolute atomic E-state index is 0.0115. The molecule has 100 valence electrons. The van der Waals surface area contributed by atoms with Gasteiger partial charge in [0.15, 0.2) is 11.5 Å². The van der Waals surface area contributed by atoms with Gasteiger partial charge in [0.1, 0.15) is 13.2 Å². The number of fused-ring (bicyclic) bond motifs is 1. The molecule has 0 saturated heterocycles. The number of ether oxygens (including phenoxy) is 3. The normalized spacial score (nSPS) is 17.3. The molecule has 3 N–H and O–H groups in total. The summed E-state index contributed by atoms with van der Waals surface area (Å²) in [5.41, 5.74) is 3.82. The first kappa shape index (κ1) is 13.1. The van der Waals surface area contributed by atoms with E-state index in [0.29, 0.717) is 19.8 Å². The van der Waals surface area contributed by atoms with Gasteiger partial charge >= 0.3 is 0 Å². The van der Waals surface area contributed by atoms with Gasteiger partial charge in [-0.15, -0.1) is 0 Å². The maximum absolute atomic E-state index is 5.61. The first-order valence-corrected chi connectivity index (χ1v) is 6.23. The van der Waals surface area contributed by atoms with Crippen molar-refractivity contribution < 1.29 is 14.2 Å². The van der Waals surface area contributed by atoms with Gasteiger partial charge in [-0.2, -0.15) is 0 Å². The Morgan fingerprint density at radius 2 is 2.06 bits per heavy atom. The molecule has 0 fully saturated rings. The van der Waals surface area contributed by atoms with Crippen molar-refractivity contribution in [2.75, 3.05) is 19.8 Å². The van der Waals surface area contributed by atoms with E-state index in [9.17, 15) is 0 Å². The van der Waals surface area contributed by atoms with Gasteiger partial charge in [-0.25, -0.2) is 0 Å². The maximum atomic E-state index is 5.61. The Balaban J connectivity index is 2.20. The summed E-state index contributed by atoms with van der Waals surface area (Å²) in [4.78, 5) is 0. The molecule has 0 spiro atoms. The summed E-state index contributed by atoms with van der Waals surface area (Å²) in [5.74, 6) is 7.16. The molecule has 2 unspecified atom stereocenters. The van der Waals surface area contributed by atoms with Gasteiger partial charge in [-0.05, 0) is 31.5 Å². The van der Waals surface area contributed by atoms with Crippen LogP contribution >= 0.6 is 0 Å². The van der Waals surface area contributed by atoms with E-state index in [0.717, 1.165) is 17.1 Å². The molecule has 2 rings (SSSR count). The van der Waals surface area contributed by atoms with Crippen molar-refractivity contribution in [3.63, 3.8) is 0 Å². The van der Waals surface area contributed by atoms with Crippen LogP contribution in [0.15, 0.2) is 18.2 Å². The summed E-state index contributed by atoms with van der Waals surface area (Å²) in [7, 11) is 0. The summed E-state index contributed by atoms with van der Waals surface area (Å²) in [6.07, 6.45) is -0.0115. The number of nitrogens with one attached hydrogen (secondary N) is 1. The third kappa shape index (κ3) is 2.75. The van der Waals surface area contributed by atoms with Gasteiger partial charge in [0.05, 0.1) is 12.1 Å². The molecule has 5 heteroatoms. The molecule has 18 heavy (non-hydrogen) atoms. The predicted molar refractivity (Wildman–Crippen MR) is 68.6 cm³/mol. The second-order valence-corrected chi connectivity index (χ2v) is 4.21. The summed E-state index contributed by atoms with van der Waals surface area (Å²) >= 11 is 0. The van der Waals surface area contributed by atoms with Crippen molar-refractivity contribution in [2.24, 2.45) is 5.84 Å². The van der Waals surface area contributed by atoms with Crippen molar-refractivity contribution in [1.29, 1.82) is 0 Å². The van der Waals surface area contributed by atoms with Crippen molar-refractivity contribution >= 4 is 0 Å². The fourth-order valence-corrected chi connectivity index (χ4v) is 2.12. The number of hydrogen-bond donors (Lipinski definition) is 2. The zero-order valence-electron chi connectivity index (χ0n) is 10.8. The molecule has 1 aromatic rings. The second kappa shape index (κ2) is 6.04. The van der Waals surface area contributed by atoms with Gasteiger partial charge < -0.3 is 14.2 Å². The minimum atomic E-state index is -0.0687. The van der Waals surface area contributed by atoms with E-state index in [1.54, 1.807) is 0 Å². The number of benzene rings is 1. The molecule has 0 aliphatic carbocycles. The van der Waals surface area contributed by atoms with Crippen LogP contribution in [0.1, 0.15) is 25.5 Å². The van der Waals surface area contributed by atoms with Crippen LogP contribution in [0.25, 0.3) is 0 Å². The van der Waals surface area contributed by atoms with E-state index in [2.05, 4.69) is 5.43 Å². The number of rotatable bonds is 5. The summed E-state index contributed by atoms with van der Waals surface area (Å²) in [6, 6.07) is 5.77. The van der Waals surface area contributed by atoms with Gasteiger partial charge in [0, 0.05) is 6.61 Å². The van der Waals surface area contributed by atoms with Crippen molar-refractivity contribution in [2.45, 2.75) is 26.0 Å². The van der Waals surface area contributed by atoms with Crippen LogP contribution in [0.2, 0.25) is 0 Å². The van der Waals surface area contributed by atoms with E-state index < -0.39 is 0 Å². The average Bonchev–Trinajstić information content (AvgIpc) is 2.40. The van der Waals surface area contributed by atoms with Crippen LogP contribution in [0, 0.1) is 0 Å². The highest BCUT2D eigenvalue weighted by Gasteiger charge is 2.21. The molecule has 1 heterocycles. The molecule has 1 aliphatic rings. The van der Waals surface area contributed by atoms with E-state index in [1.807, 2.05) is 32.0 Å². The third-order valence-corrected chi connectivity index (χ3v) is 3.00. The van der Waals surface area contributed by atoms with Crippen molar-refractivity contribution in [3.8, 4) is 11.5 Å². The fraction of sp³-hybridized carbons (Fsp3) is 0.538. The Morgan fingerprint density at radius 3 is 2.72 bits per heavy atom. The summed E-state index contributed by atoms with van der Waals surface area (Å²) in [6.45, 7) is 5.79. The first-order valence-electron chi connectivity index (χ1n) is 6.23. The molecule has 1 aromatic carbocycles. The molecule has 2 atom stereocenters. The van der Waals surface area contributed by atoms with Gasteiger partial charge in [0.25, 0.3) is 0 Å². The van der Waals surface area contributed by atoms with Crippen LogP contribution in [0.4, 0.5) is 0 Å². The average molecular weight is 252 g/mol.